The standard InChI is InChI=1S/C20H30N4O2/c1-2-21-19(25)16-10-7-13-24(14-16)18-17(11-6-12-22-18)23-20(26)15-8-4-3-5-9-15/h6,11-12,15-16H,2-5,7-10,13-14H2,1H3,(H,21,25)(H,23,26). The smallest absolute Gasteiger partial charge is 0.227 e. The highest BCUT2D eigenvalue weighted by molar-refractivity contribution is 5.95. The number of nitrogens with one attached hydrogen (secondary N) is 2. The van der Waals surface area contributed by atoms with E-state index in [2.05, 4.69) is 20.5 Å². The van der Waals surface area contributed by atoms with Crippen LogP contribution in [0.3, 0.4) is 0 Å². The molecule has 1 aromatic heterocycles. The van der Waals surface area contributed by atoms with Crippen LogP contribution in [0.4, 0.5) is 11.5 Å². The fourth-order valence-corrected chi connectivity index (χ4v) is 4.05. The third-order valence-corrected chi connectivity index (χ3v) is 5.46. The van der Waals surface area contributed by atoms with Crippen LogP contribution in [0.25, 0.3) is 0 Å². The molecule has 0 radical (unpaired) electrons. The third kappa shape index (κ3) is 4.54. The molecule has 2 aliphatic rings. The molecule has 1 saturated heterocycles. The van der Waals surface area contributed by atoms with Crippen LogP contribution >= 0.6 is 0 Å². The number of piperidine rings is 1. The Hall–Kier alpha value is -2.11. The molecule has 142 valence electrons. The van der Waals surface area contributed by atoms with Crippen LogP contribution in [0.15, 0.2) is 18.3 Å². The number of amides is 2. The molecule has 2 heterocycles. The van der Waals surface area contributed by atoms with Gasteiger partial charge in [-0.2, -0.15) is 0 Å². The first kappa shape index (κ1) is 18.7. The second-order valence-electron chi connectivity index (χ2n) is 7.38. The van der Waals surface area contributed by atoms with Gasteiger partial charge in [0, 0.05) is 31.7 Å². The Morgan fingerprint density at radius 1 is 1.12 bits per heavy atom. The summed E-state index contributed by atoms with van der Waals surface area (Å²) in [6.07, 6.45) is 9.07. The van der Waals surface area contributed by atoms with E-state index in [0.29, 0.717) is 13.1 Å². The van der Waals surface area contributed by atoms with E-state index in [-0.39, 0.29) is 23.7 Å². The van der Waals surface area contributed by atoms with Crippen molar-refractivity contribution in [3.05, 3.63) is 18.3 Å². The summed E-state index contributed by atoms with van der Waals surface area (Å²) in [4.78, 5) is 31.5. The zero-order valence-corrected chi connectivity index (χ0v) is 15.7. The number of hydrogen-bond donors (Lipinski definition) is 2. The summed E-state index contributed by atoms with van der Waals surface area (Å²) in [5.74, 6) is 1.09. The van der Waals surface area contributed by atoms with Crippen LogP contribution in [0.1, 0.15) is 51.9 Å². The molecule has 2 amide bonds. The van der Waals surface area contributed by atoms with Gasteiger partial charge < -0.3 is 15.5 Å². The van der Waals surface area contributed by atoms with Gasteiger partial charge in [-0.05, 0) is 44.7 Å². The SMILES string of the molecule is CCNC(=O)C1CCCN(c2ncccc2NC(=O)C2CCCCC2)C1. The molecule has 1 saturated carbocycles. The largest absolute Gasteiger partial charge is 0.356 e. The minimum Gasteiger partial charge on any atom is -0.356 e. The van der Waals surface area contributed by atoms with E-state index in [0.717, 1.165) is 56.6 Å². The Balaban J connectivity index is 1.70. The number of hydrogen-bond acceptors (Lipinski definition) is 4. The number of aromatic nitrogens is 1. The Bertz CT molecular complexity index is 628. The van der Waals surface area contributed by atoms with Crippen molar-refractivity contribution in [2.24, 2.45) is 11.8 Å². The molecule has 2 fully saturated rings. The van der Waals surface area contributed by atoms with E-state index in [4.69, 9.17) is 0 Å². The molecule has 26 heavy (non-hydrogen) atoms. The van der Waals surface area contributed by atoms with Crippen molar-refractivity contribution in [1.82, 2.24) is 10.3 Å². The molecule has 6 nitrogen and oxygen atoms in total. The predicted octanol–water partition coefficient (Wildman–Crippen LogP) is 2.95. The van der Waals surface area contributed by atoms with Gasteiger partial charge >= 0.3 is 0 Å². The highest BCUT2D eigenvalue weighted by Crippen LogP contribution is 2.30. The summed E-state index contributed by atoms with van der Waals surface area (Å²) in [7, 11) is 0. The third-order valence-electron chi connectivity index (χ3n) is 5.46. The average Bonchev–Trinajstić information content (AvgIpc) is 2.69. The zero-order valence-electron chi connectivity index (χ0n) is 15.7. The minimum atomic E-state index is -0.0207. The number of anilines is 2. The summed E-state index contributed by atoms with van der Waals surface area (Å²) in [6, 6.07) is 3.77. The molecule has 1 atom stereocenters. The first-order valence-electron chi connectivity index (χ1n) is 9.97. The van der Waals surface area contributed by atoms with E-state index in [9.17, 15) is 9.59 Å². The molecule has 1 aromatic rings. The molecular weight excluding hydrogens is 328 g/mol. The normalized spacial score (nSPS) is 21.3. The number of nitrogens with zero attached hydrogens (tertiary/aromatic N) is 2. The van der Waals surface area contributed by atoms with Gasteiger partial charge in [0.25, 0.3) is 0 Å². The van der Waals surface area contributed by atoms with E-state index in [1.807, 2.05) is 19.1 Å². The second-order valence-corrected chi connectivity index (χ2v) is 7.38. The molecule has 1 aliphatic carbocycles. The van der Waals surface area contributed by atoms with Crippen LogP contribution in [0.2, 0.25) is 0 Å². The average molecular weight is 358 g/mol. The Morgan fingerprint density at radius 2 is 1.88 bits per heavy atom. The van der Waals surface area contributed by atoms with Gasteiger partial charge in [0.2, 0.25) is 11.8 Å². The van der Waals surface area contributed by atoms with Crippen LogP contribution in [-0.2, 0) is 9.59 Å². The molecule has 1 unspecified atom stereocenters. The minimum absolute atomic E-state index is 0.0207. The number of rotatable bonds is 5. The molecule has 3 rings (SSSR count). The van der Waals surface area contributed by atoms with Gasteiger partial charge in [0.15, 0.2) is 5.82 Å². The highest BCUT2D eigenvalue weighted by Gasteiger charge is 2.28. The Morgan fingerprint density at radius 3 is 2.65 bits per heavy atom. The number of carbonyl (C=O) groups is 2. The van der Waals surface area contributed by atoms with E-state index < -0.39 is 0 Å². The van der Waals surface area contributed by atoms with Gasteiger partial charge in [-0.3, -0.25) is 9.59 Å². The van der Waals surface area contributed by atoms with Gasteiger partial charge in [-0.15, -0.1) is 0 Å². The fraction of sp³-hybridized carbons (Fsp3) is 0.650. The van der Waals surface area contributed by atoms with E-state index >= 15 is 0 Å². The van der Waals surface area contributed by atoms with Crippen LogP contribution in [0.5, 0.6) is 0 Å². The van der Waals surface area contributed by atoms with Crippen LogP contribution in [-0.4, -0.2) is 36.4 Å². The lowest BCUT2D eigenvalue weighted by Crippen LogP contribution is -2.43. The highest BCUT2D eigenvalue weighted by atomic mass is 16.2. The zero-order chi connectivity index (χ0) is 18.4. The Labute approximate surface area is 155 Å². The summed E-state index contributed by atoms with van der Waals surface area (Å²) in [5, 5.41) is 6.02. The monoisotopic (exact) mass is 358 g/mol. The molecule has 0 aromatic carbocycles. The number of pyridine rings is 1. The summed E-state index contributed by atoms with van der Waals surface area (Å²) < 4.78 is 0. The van der Waals surface area contributed by atoms with E-state index in [1.165, 1.54) is 6.42 Å². The molecule has 0 bridgehead atoms. The topological polar surface area (TPSA) is 74.3 Å². The lowest BCUT2D eigenvalue weighted by molar-refractivity contribution is -0.125. The second kappa shape index (κ2) is 9.01. The molecule has 6 heteroatoms. The molecular formula is C20H30N4O2. The van der Waals surface area contributed by atoms with Crippen molar-refractivity contribution >= 4 is 23.3 Å². The molecule has 1 aliphatic heterocycles. The summed E-state index contributed by atoms with van der Waals surface area (Å²) in [5.41, 5.74) is 0.764. The van der Waals surface area contributed by atoms with E-state index in [1.54, 1.807) is 6.20 Å². The first-order chi connectivity index (χ1) is 12.7. The van der Waals surface area contributed by atoms with Crippen molar-refractivity contribution in [2.45, 2.75) is 51.9 Å². The summed E-state index contributed by atoms with van der Waals surface area (Å²) in [6.45, 7) is 4.10. The lowest BCUT2D eigenvalue weighted by Gasteiger charge is -2.34. The van der Waals surface area contributed by atoms with Crippen molar-refractivity contribution < 1.29 is 9.59 Å². The maximum atomic E-state index is 12.6. The maximum Gasteiger partial charge on any atom is 0.227 e. The van der Waals surface area contributed by atoms with Crippen molar-refractivity contribution in [2.75, 3.05) is 29.9 Å². The van der Waals surface area contributed by atoms with Crippen molar-refractivity contribution in [1.29, 1.82) is 0 Å². The lowest BCUT2D eigenvalue weighted by atomic mass is 9.88. The number of carbonyl (C=O) groups excluding carboxylic acids is 2. The van der Waals surface area contributed by atoms with Crippen molar-refractivity contribution in [3.63, 3.8) is 0 Å². The quantitative estimate of drug-likeness (QED) is 0.849. The van der Waals surface area contributed by atoms with Crippen LogP contribution < -0.4 is 15.5 Å². The van der Waals surface area contributed by atoms with Gasteiger partial charge in [0.05, 0.1) is 11.6 Å². The molecule has 2 N–H and O–H groups in total. The Kier molecular flexibility index (Phi) is 6.47. The van der Waals surface area contributed by atoms with Crippen LogP contribution in [0, 0.1) is 11.8 Å². The predicted molar refractivity (Wildman–Crippen MR) is 103 cm³/mol. The first-order valence-corrected chi connectivity index (χ1v) is 9.97. The van der Waals surface area contributed by atoms with Crippen molar-refractivity contribution in [3.8, 4) is 0 Å². The molecule has 0 spiro atoms. The van der Waals surface area contributed by atoms with Gasteiger partial charge in [-0.1, -0.05) is 19.3 Å². The summed E-state index contributed by atoms with van der Waals surface area (Å²) >= 11 is 0. The van der Waals surface area contributed by atoms with Gasteiger partial charge in [-0.25, -0.2) is 4.98 Å². The maximum absolute atomic E-state index is 12.6. The fourth-order valence-electron chi connectivity index (χ4n) is 4.05. The van der Waals surface area contributed by atoms with Gasteiger partial charge in [0.1, 0.15) is 0 Å².